The van der Waals surface area contributed by atoms with Crippen molar-refractivity contribution >= 4 is 16.3 Å². The first kappa shape index (κ1) is 24.6. The average molecular weight is 482 g/mol. The van der Waals surface area contributed by atoms with Crippen LogP contribution in [-0.4, -0.2) is 91.1 Å². The monoisotopic (exact) mass is 482 g/mol. The Morgan fingerprint density at radius 3 is 2.62 bits per heavy atom. The molecule has 0 aromatic carbocycles. The van der Waals surface area contributed by atoms with E-state index in [9.17, 15) is 26.4 Å². The molecule has 2 N–H and O–H groups in total. The van der Waals surface area contributed by atoms with E-state index in [0.717, 1.165) is 4.90 Å². The van der Waals surface area contributed by atoms with E-state index in [1.165, 1.54) is 4.31 Å². The lowest BCUT2D eigenvalue weighted by Gasteiger charge is -2.46. The van der Waals surface area contributed by atoms with Gasteiger partial charge in [0, 0.05) is 32.4 Å². The zero-order chi connectivity index (χ0) is 23.4. The lowest BCUT2D eigenvalue weighted by Crippen LogP contribution is -2.60. The van der Waals surface area contributed by atoms with E-state index in [2.05, 4.69) is 14.4 Å². The van der Waals surface area contributed by atoms with Crippen molar-refractivity contribution < 1.29 is 41.0 Å². The Morgan fingerprint density at radius 2 is 2.03 bits per heavy atom. The van der Waals surface area contributed by atoms with Gasteiger partial charge in [0.15, 0.2) is 0 Å². The molecule has 180 valence electrons. The number of aliphatic hydroxyl groups excluding tert-OH is 1. The number of amides is 1. The van der Waals surface area contributed by atoms with Gasteiger partial charge in [-0.3, -0.25) is 4.98 Å². The van der Waals surface area contributed by atoms with Crippen LogP contribution >= 0.6 is 0 Å². The van der Waals surface area contributed by atoms with Gasteiger partial charge in [-0.1, -0.05) is 6.07 Å². The molecular formula is C18H25F3N4O6S. The third-order valence-corrected chi connectivity index (χ3v) is 6.92. The van der Waals surface area contributed by atoms with E-state index < -0.39 is 40.8 Å². The summed E-state index contributed by atoms with van der Waals surface area (Å²) in [6, 6.07) is 5.16. The van der Waals surface area contributed by atoms with Gasteiger partial charge in [0.1, 0.15) is 0 Å². The molecule has 2 saturated heterocycles. The summed E-state index contributed by atoms with van der Waals surface area (Å²) in [6.45, 7) is -0.930. The number of nitrogens with zero attached hydrogens (tertiary/aromatic N) is 3. The number of carbonyl (C=O) groups excluding carboxylic acids is 1. The smallest absolute Gasteiger partial charge is 0.427 e. The van der Waals surface area contributed by atoms with Crippen molar-refractivity contribution in [3.05, 3.63) is 30.1 Å². The number of ether oxygens (including phenoxy) is 2. The number of hydrogen-bond donors (Lipinski definition) is 2. The lowest BCUT2D eigenvalue weighted by atomic mass is 9.90. The van der Waals surface area contributed by atoms with Crippen LogP contribution in [0.4, 0.5) is 18.0 Å². The number of morpholine rings is 1. The molecule has 10 nitrogen and oxygen atoms in total. The molecule has 0 aliphatic carbocycles. The fraction of sp³-hybridized carbons (Fsp3) is 0.667. The van der Waals surface area contributed by atoms with Crippen molar-refractivity contribution in [1.29, 1.82) is 0 Å². The highest BCUT2D eigenvalue weighted by molar-refractivity contribution is 7.87. The predicted octanol–water partition coefficient (Wildman–Crippen LogP) is 0.643. The molecule has 2 fully saturated rings. The van der Waals surface area contributed by atoms with Crippen molar-refractivity contribution in [2.24, 2.45) is 0 Å². The van der Waals surface area contributed by atoms with Gasteiger partial charge in [0.2, 0.25) is 6.10 Å². The number of pyridine rings is 1. The fourth-order valence-corrected chi connectivity index (χ4v) is 4.81. The van der Waals surface area contributed by atoms with Crippen molar-refractivity contribution in [1.82, 2.24) is 18.9 Å². The molecule has 14 heteroatoms. The Balaban J connectivity index is 1.55. The average Bonchev–Trinajstić information content (AvgIpc) is 2.76. The highest BCUT2D eigenvalue weighted by Gasteiger charge is 2.46. The van der Waals surface area contributed by atoms with Gasteiger partial charge in [-0.2, -0.15) is 30.6 Å². The third-order valence-electron chi connectivity index (χ3n) is 5.42. The normalized spacial score (nSPS) is 20.8. The van der Waals surface area contributed by atoms with E-state index in [1.54, 1.807) is 24.4 Å². The van der Waals surface area contributed by atoms with Crippen LogP contribution in [0.3, 0.4) is 0 Å². The molecule has 1 amide bonds. The van der Waals surface area contributed by atoms with E-state index in [0.29, 0.717) is 5.69 Å². The summed E-state index contributed by atoms with van der Waals surface area (Å²) in [5.74, 6) is 0. The number of alkyl halides is 3. The molecule has 0 unspecified atom stereocenters. The minimum atomic E-state index is -4.87. The van der Waals surface area contributed by atoms with Crippen molar-refractivity contribution in [3.63, 3.8) is 0 Å². The second-order valence-electron chi connectivity index (χ2n) is 7.60. The fourth-order valence-electron chi connectivity index (χ4n) is 3.58. The molecule has 0 bridgehead atoms. The maximum absolute atomic E-state index is 12.7. The third kappa shape index (κ3) is 6.07. The van der Waals surface area contributed by atoms with Crippen LogP contribution in [-0.2, 0) is 26.2 Å². The van der Waals surface area contributed by atoms with Crippen LogP contribution < -0.4 is 4.72 Å². The Hall–Kier alpha value is -2.00. The van der Waals surface area contributed by atoms with Gasteiger partial charge in [-0.05, 0) is 25.0 Å². The van der Waals surface area contributed by atoms with Crippen molar-refractivity contribution in [2.45, 2.75) is 37.3 Å². The van der Waals surface area contributed by atoms with Crippen LogP contribution in [0.5, 0.6) is 0 Å². The molecule has 1 atom stereocenters. The van der Waals surface area contributed by atoms with Crippen LogP contribution in [0.1, 0.15) is 18.5 Å². The number of carbonyl (C=O) groups is 1. The standard InChI is InChI=1S/C18H25F3N4O6S/c19-18(20,21)15(12-26)31-16(27)24-7-4-17(5-8-24)13-25(9-10-30-17)32(28,29)23-11-14-3-1-2-6-22-14/h1-3,6,15,23,26H,4-5,7-13H2/t15-/m1/s1. The number of likely N-dealkylation sites (tertiary alicyclic amines) is 1. The van der Waals surface area contributed by atoms with E-state index >= 15 is 0 Å². The summed E-state index contributed by atoms with van der Waals surface area (Å²) < 4.78 is 77.6. The summed E-state index contributed by atoms with van der Waals surface area (Å²) >= 11 is 0. The summed E-state index contributed by atoms with van der Waals surface area (Å²) in [4.78, 5) is 17.2. The largest absolute Gasteiger partial charge is 0.434 e. The number of aliphatic hydroxyl groups is 1. The van der Waals surface area contributed by atoms with Gasteiger partial charge in [-0.25, -0.2) is 4.79 Å². The Bertz CT molecular complexity index is 878. The lowest BCUT2D eigenvalue weighted by molar-refractivity contribution is -0.215. The number of aromatic nitrogens is 1. The second kappa shape index (κ2) is 9.87. The second-order valence-corrected chi connectivity index (χ2v) is 9.35. The highest BCUT2D eigenvalue weighted by Crippen LogP contribution is 2.32. The van der Waals surface area contributed by atoms with Gasteiger partial charge in [0.25, 0.3) is 10.2 Å². The number of nitrogens with one attached hydrogen (secondary N) is 1. The number of piperidine rings is 1. The van der Waals surface area contributed by atoms with Gasteiger partial charge < -0.3 is 19.5 Å². The molecule has 1 aromatic heterocycles. The first-order valence-corrected chi connectivity index (χ1v) is 11.4. The Kier molecular flexibility index (Phi) is 7.60. The van der Waals surface area contributed by atoms with Crippen LogP contribution in [0.25, 0.3) is 0 Å². The molecular weight excluding hydrogens is 457 g/mol. The topological polar surface area (TPSA) is 121 Å². The molecule has 0 radical (unpaired) electrons. The Morgan fingerprint density at radius 1 is 1.31 bits per heavy atom. The quantitative estimate of drug-likeness (QED) is 0.611. The molecule has 1 aromatic rings. The van der Waals surface area contributed by atoms with E-state index in [4.69, 9.17) is 9.84 Å². The maximum Gasteiger partial charge on any atom is 0.427 e. The number of rotatable bonds is 6. The molecule has 3 heterocycles. The molecule has 0 saturated carbocycles. The van der Waals surface area contributed by atoms with Gasteiger partial charge in [0.05, 0.1) is 31.1 Å². The van der Waals surface area contributed by atoms with Crippen LogP contribution in [0, 0.1) is 0 Å². The highest BCUT2D eigenvalue weighted by atomic mass is 32.2. The van der Waals surface area contributed by atoms with E-state index in [1.807, 2.05) is 0 Å². The first-order valence-electron chi connectivity index (χ1n) is 9.96. The molecule has 2 aliphatic heterocycles. The van der Waals surface area contributed by atoms with Crippen LogP contribution in [0.15, 0.2) is 24.4 Å². The first-order chi connectivity index (χ1) is 15.0. The minimum Gasteiger partial charge on any atom is -0.434 e. The molecule has 2 aliphatic rings. The van der Waals surface area contributed by atoms with Gasteiger partial charge >= 0.3 is 12.3 Å². The Labute approximate surface area is 183 Å². The zero-order valence-corrected chi connectivity index (χ0v) is 17.9. The van der Waals surface area contributed by atoms with Crippen molar-refractivity contribution in [3.8, 4) is 0 Å². The number of halogens is 3. The summed E-state index contributed by atoms with van der Waals surface area (Å²) in [7, 11) is -3.82. The molecule has 32 heavy (non-hydrogen) atoms. The van der Waals surface area contributed by atoms with E-state index in [-0.39, 0.29) is 52.2 Å². The summed E-state index contributed by atoms with van der Waals surface area (Å²) in [5.41, 5.74) is -0.291. The molecule has 1 spiro atoms. The molecule has 3 rings (SSSR count). The maximum atomic E-state index is 12.7. The zero-order valence-electron chi connectivity index (χ0n) is 17.1. The SMILES string of the molecule is O=C(O[C@H](CO)C(F)(F)F)N1CCC2(CC1)CN(S(=O)(=O)NCc1ccccn1)CCO2. The summed E-state index contributed by atoms with van der Waals surface area (Å²) in [6.07, 6.45) is -6.64. The van der Waals surface area contributed by atoms with Crippen molar-refractivity contribution in [2.75, 3.05) is 39.4 Å². The predicted molar refractivity (Wildman–Crippen MR) is 104 cm³/mol. The summed E-state index contributed by atoms with van der Waals surface area (Å²) in [5, 5.41) is 8.82. The number of hydrogen-bond acceptors (Lipinski definition) is 7. The minimum absolute atomic E-state index is 0.0262. The van der Waals surface area contributed by atoms with Gasteiger partial charge in [-0.15, -0.1) is 0 Å². The van der Waals surface area contributed by atoms with Crippen LogP contribution in [0.2, 0.25) is 0 Å².